The molecule has 2 aliphatic heterocycles. The predicted molar refractivity (Wildman–Crippen MR) is 191 cm³/mol. The molecule has 20 heteroatoms. The summed E-state index contributed by atoms with van der Waals surface area (Å²) in [6.45, 7) is 3.20. The molecule has 0 radical (unpaired) electrons. The van der Waals surface area contributed by atoms with Crippen LogP contribution in [0.3, 0.4) is 0 Å². The molecule has 6 rings (SSSR count). The zero-order valence-electron chi connectivity index (χ0n) is 27.5. The Bertz CT molecular complexity index is 2450. The molecule has 0 fully saturated rings. The number of carbonyl (C=O) groups is 3. The van der Waals surface area contributed by atoms with E-state index in [4.69, 9.17) is 0 Å². The van der Waals surface area contributed by atoms with Gasteiger partial charge in [-0.05, 0) is 111 Å². The van der Waals surface area contributed by atoms with Gasteiger partial charge in [-0.3, -0.25) is 23.5 Å². The van der Waals surface area contributed by atoms with Gasteiger partial charge in [0, 0.05) is 11.3 Å². The standard InChI is InChI=1S/C33H27N9O9S2/c1-19-29(32(44)41(39-19)25-11-15-27(16-12-25)52(46,47)48)37-35-23-5-3-21(4-6-23)31(43)34-22-7-9-24(10-8-22)36-38-30-20(2)40-42(33(30)45)26-13-17-28(18-14-26)53(49,50)51/h3-18,29-30H,1-2H3,(H,34,43)(H,46,47,48)(H,49,50,51). The van der Waals surface area contributed by atoms with Gasteiger partial charge in [0.25, 0.3) is 38.0 Å². The van der Waals surface area contributed by atoms with Gasteiger partial charge < -0.3 is 5.32 Å². The van der Waals surface area contributed by atoms with Crippen molar-refractivity contribution in [3.63, 3.8) is 0 Å². The van der Waals surface area contributed by atoms with Gasteiger partial charge in [0.05, 0.1) is 44.0 Å². The molecule has 0 saturated heterocycles. The third kappa shape index (κ3) is 8.10. The molecule has 3 amide bonds. The third-order valence-corrected chi connectivity index (χ3v) is 9.52. The van der Waals surface area contributed by atoms with Crippen molar-refractivity contribution in [1.29, 1.82) is 0 Å². The summed E-state index contributed by atoms with van der Waals surface area (Å²) in [4.78, 5) is 38.1. The number of hydrogen-bond acceptors (Lipinski definition) is 13. The molecule has 0 spiro atoms. The van der Waals surface area contributed by atoms with Gasteiger partial charge in [0.15, 0.2) is 12.1 Å². The number of benzene rings is 4. The minimum atomic E-state index is -4.39. The maximum Gasteiger partial charge on any atom is 0.294 e. The van der Waals surface area contributed by atoms with Crippen LogP contribution in [0, 0.1) is 0 Å². The Balaban J connectivity index is 1.02. The molecule has 0 aromatic heterocycles. The van der Waals surface area contributed by atoms with Gasteiger partial charge >= 0.3 is 0 Å². The number of hydrazone groups is 2. The Morgan fingerprint density at radius 1 is 0.623 bits per heavy atom. The fourth-order valence-corrected chi connectivity index (χ4v) is 5.97. The van der Waals surface area contributed by atoms with Crippen LogP contribution in [0.4, 0.5) is 28.4 Å². The second-order valence-electron chi connectivity index (χ2n) is 11.5. The molecular weight excluding hydrogens is 731 g/mol. The number of nitrogens with one attached hydrogen (secondary N) is 1. The number of nitrogens with zero attached hydrogens (tertiary/aromatic N) is 8. The van der Waals surface area contributed by atoms with E-state index < -0.39 is 50.0 Å². The van der Waals surface area contributed by atoms with Gasteiger partial charge in [-0.2, -0.15) is 57.5 Å². The van der Waals surface area contributed by atoms with Crippen LogP contribution in [0.5, 0.6) is 0 Å². The molecule has 2 atom stereocenters. The highest BCUT2D eigenvalue weighted by molar-refractivity contribution is 7.86. The highest BCUT2D eigenvalue weighted by Gasteiger charge is 2.36. The molecule has 0 bridgehead atoms. The van der Waals surface area contributed by atoms with Crippen LogP contribution < -0.4 is 15.3 Å². The molecule has 3 N–H and O–H groups in total. The van der Waals surface area contributed by atoms with E-state index in [9.17, 15) is 40.3 Å². The van der Waals surface area contributed by atoms with E-state index >= 15 is 0 Å². The second kappa shape index (κ2) is 14.3. The van der Waals surface area contributed by atoms with Crippen molar-refractivity contribution >= 4 is 77.8 Å². The van der Waals surface area contributed by atoms with Crippen molar-refractivity contribution in [2.24, 2.45) is 30.7 Å². The summed E-state index contributed by atoms with van der Waals surface area (Å²) < 4.78 is 63.5. The lowest BCUT2D eigenvalue weighted by Gasteiger charge is -2.12. The van der Waals surface area contributed by atoms with Crippen molar-refractivity contribution in [1.82, 2.24) is 0 Å². The third-order valence-electron chi connectivity index (χ3n) is 7.78. The SMILES string of the molecule is CC1=NN(c2ccc(S(=O)(=O)O)cc2)C(=O)C1N=Nc1ccc(NC(=O)c2ccc(N=NC3C(=O)N(c4ccc(S(=O)(=O)O)cc4)N=C3C)cc2)cc1. The normalized spacial score (nSPS) is 17.9. The van der Waals surface area contributed by atoms with E-state index in [-0.39, 0.29) is 21.2 Å². The van der Waals surface area contributed by atoms with Gasteiger partial charge in [-0.15, -0.1) is 0 Å². The van der Waals surface area contributed by atoms with Crippen LogP contribution in [-0.4, -0.2) is 67.2 Å². The highest BCUT2D eigenvalue weighted by atomic mass is 32.2. The van der Waals surface area contributed by atoms with Crippen LogP contribution in [0.2, 0.25) is 0 Å². The predicted octanol–water partition coefficient (Wildman–Crippen LogP) is 5.18. The Labute approximate surface area is 301 Å². The molecule has 2 heterocycles. The first kappa shape index (κ1) is 36.4. The molecular formula is C33H27N9O9S2. The number of azo groups is 2. The molecule has 4 aromatic carbocycles. The molecule has 270 valence electrons. The largest absolute Gasteiger partial charge is 0.322 e. The summed E-state index contributed by atoms with van der Waals surface area (Å²) in [6.07, 6.45) is 0. The first-order chi connectivity index (χ1) is 25.1. The Kier molecular flexibility index (Phi) is 9.86. The van der Waals surface area contributed by atoms with Crippen LogP contribution in [0.25, 0.3) is 0 Å². The number of hydrogen-bond donors (Lipinski definition) is 3. The van der Waals surface area contributed by atoms with Crippen molar-refractivity contribution in [3.8, 4) is 0 Å². The fraction of sp³-hybridized carbons (Fsp3) is 0.121. The lowest BCUT2D eigenvalue weighted by molar-refractivity contribution is -0.118. The average Bonchev–Trinajstić information content (AvgIpc) is 3.58. The van der Waals surface area contributed by atoms with E-state index in [0.29, 0.717) is 34.0 Å². The first-order valence-corrected chi connectivity index (χ1v) is 18.2. The zero-order chi connectivity index (χ0) is 38.1. The van der Waals surface area contributed by atoms with Gasteiger partial charge in [-0.25, -0.2) is 0 Å². The molecule has 2 unspecified atom stereocenters. The Morgan fingerprint density at radius 2 is 1.00 bits per heavy atom. The van der Waals surface area contributed by atoms with E-state index in [1.54, 1.807) is 50.2 Å². The summed E-state index contributed by atoms with van der Waals surface area (Å²) in [5.41, 5.74) is 2.81. The van der Waals surface area contributed by atoms with Crippen molar-refractivity contribution in [2.75, 3.05) is 15.3 Å². The quantitative estimate of drug-likeness (QED) is 0.142. The second-order valence-corrected chi connectivity index (χ2v) is 14.3. The minimum Gasteiger partial charge on any atom is -0.322 e. The molecule has 53 heavy (non-hydrogen) atoms. The van der Waals surface area contributed by atoms with E-state index in [2.05, 4.69) is 36.0 Å². The summed E-state index contributed by atoms with van der Waals surface area (Å²) >= 11 is 0. The number of rotatable bonds is 10. The van der Waals surface area contributed by atoms with Gasteiger partial charge in [0.1, 0.15) is 0 Å². The summed E-state index contributed by atoms with van der Waals surface area (Å²) in [5.74, 6) is -1.43. The van der Waals surface area contributed by atoms with Crippen LogP contribution in [-0.2, 0) is 29.8 Å². The number of amides is 3. The van der Waals surface area contributed by atoms with E-state index in [1.165, 1.54) is 36.4 Å². The lowest BCUT2D eigenvalue weighted by atomic mass is 10.2. The molecule has 0 saturated carbocycles. The summed E-state index contributed by atoms with van der Waals surface area (Å²) in [6, 6.07) is 20.4. The molecule has 4 aromatic rings. The minimum absolute atomic E-state index is 0.277. The highest BCUT2D eigenvalue weighted by Crippen LogP contribution is 2.27. The fourth-order valence-electron chi connectivity index (χ4n) is 5.01. The Morgan fingerprint density at radius 3 is 1.38 bits per heavy atom. The maximum atomic E-state index is 13.0. The molecule has 2 aliphatic rings. The van der Waals surface area contributed by atoms with Crippen LogP contribution in [0.1, 0.15) is 24.2 Å². The topological polar surface area (TPSA) is 253 Å². The Hall–Kier alpha value is -6.35. The number of anilines is 3. The smallest absolute Gasteiger partial charge is 0.294 e. The van der Waals surface area contributed by atoms with Gasteiger partial charge in [-0.1, -0.05) is 0 Å². The van der Waals surface area contributed by atoms with Crippen molar-refractivity contribution in [2.45, 2.75) is 35.7 Å². The van der Waals surface area contributed by atoms with E-state index in [1.807, 2.05) is 0 Å². The summed E-state index contributed by atoms with van der Waals surface area (Å²) in [5, 5.41) is 29.8. The van der Waals surface area contributed by atoms with E-state index in [0.717, 1.165) is 34.3 Å². The summed E-state index contributed by atoms with van der Waals surface area (Å²) in [7, 11) is -8.78. The van der Waals surface area contributed by atoms with Crippen molar-refractivity contribution < 1.29 is 40.3 Å². The number of carbonyl (C=O) groups excluding carboxylic acids is 3. The monoisotopic (exact) mass is 757 g/mol. The lowest BCUT2D eigenvalue weighted by Crippen LogP contribution is -2.29. The zero-order valence-corrected chi connectivity index (χ0v) is 29.2. The maximum absolute atomic E-state index is 13.0. The molecule has 0 aliphatic carbocycles. The molecule has 18 nitrogen and oxygen atoms in total. The van der Waals surface area contributed by atoms with Gasteiger partial charge in [0.2, 0.25) is 0 Å². The van der Waals surface area contributed by atoms with Crippen LogP contribution >= 0.6 is 0 Å². The average molecular weight is 758 g/mol. The van der Waals surface area contributed by atoms with Crippen molar-refractivity contribution in [3.05, 3.63) is 103 Å². The van der Waals surface area contributed by atoms with Crippen LogP contribution in [0.15, 0.2) is 138 Å². The first-order valence-electron chi connectivity index (χ1n) is 15.3.